The summed E-state index contributed by atoms with van der Waals surface area (Å²) in [5.41, 5.74) is -1.91. The smallest absolute Gasteiger partial charge is 0.376 e. The van der Waals surface area contributed by atoms with E-state index < -0.39 is 23.3 Å². The Hall–Kier alpha value is -1.69. The maximum absolute atomic E-state index is 11.4. The van der Waals surface area contributed by atoms with E-state index in [9.17, 15) is 14.4 Å². The highest BCUT2D eigenvalue weighted by molar-refractivity contribution is 6.08. The average molecular weight is 229 g/mol. The van der Waals surface area contributed by atoms with Crippen LogP contribution in [0.3, 0.4) is 0 Å². The van der Waals surface area contributed by atoms with Gasteiger partial charge in [0.1, 0.15) is 0 Å². The standard InChI is InChI=1S/C10H15NO5/c1-5-10(7(4)12,9(14)16-11)15-8(13)6(2)3/h2,5,11H2,1,3-4H3. The van der Waals surface area contributed by atoms with Crippen molar-refractivity contribution in [3.63, 3.8) is 0 Å². The first kappa shape index (κ1) is 14.3. The number of ketones is 1. The lowest BCUT2D eigenvalue weighted by atomic mass is 9.96. The fourth-order valence-corrected chi connectivity index (χ4v) is 1.06. The first-order chi connectivity index (χ1) is 7.31. The van der Waals surface area contributed by atoms with E-state index in [1.54, 1.807) is 0 Å². The van der Waals surface area contributed by atoms with Gasteiger partial charge in [0, 0.05) is 12.0 Å². The van der Waals surface area contributed by atoms with Crippen LogP contribution in [-0.4, -0.2) is 23.3 Å². The molecule has 0 aromatic heterocycles. The number of ether oxygens (including phenoxy) is 1. The van der Waals surface area contributed by atoms with Crippen molar-refractivity contribution in [2.45, 2.75) is 32.8 Å². The normalized spacial score (nSPS) is 13.5. The molecule has 6 heteroatoms. The largest absolute Gasteiger partial charge is 0.435 e. The zero-order valence-electron chi connectivity index (χ0n) is 9.53. The predicted octanol–water partition coefficient (Wildman–Crippen LogP) is 0.260. The Kier molecular flexibility index (Phi) is 4.84. The number of carbonyl (C=O) groups is 3. The lowest BCUT2D eigenvalue weighted by Crippen LogP contribution is -2.50. The second-order valence-corrected chi connectivity index (χ2v) is 3.31. The highest BCUT2D eigenvalue weighted by atomic mass is 16.7. The lowest BCUT2D eigenvalue weighted by molar-refractivity contribution is -0.184. The Morgan fingerprint density at radius 3 is 2.06 bits per heavy atom. The quantitative estimate of drug-likeness (QED) is 0.314. The van der Waals surface area contributed by atoms with Crippen molar-refractivity contribution >= 4 is 17.7 Å². The van der Waals surface area contributed by atoms with Gasteiger partial charge < -0.3 is 9.57 Å². The molecule has 0 heterocycles. The van der Waals surface area contributed by atoms with Crippen LogP contribution in [-0.2, 0) is 24.0 Å². The molecule has 90 valence electrons. The van der Waals surface area contributed by atoms with Crippen LogP contribution in [0.15, 0.2) is 12.2 Å². The van der Waals surface area contributed by atoms with Crippen molar-refractivity contribution in [2.75, 3.05) is 0 Å². The van der Waals surface area contributed by atoms with Crippen LogP contribution in [0.2, 0.25) is 0 Å². The number of rotatable bonds is 5. The molecule has 0 spiro atoms. The molecule has 2 N–H and O–H groups in total. The van der Waals surface area contributed by atoms with Crippen LogP contribution < -0.4 is 5.90 Å². The van der Waals surface area contributed by atoms with E-state index in [-0.39, 0.29) is 12.0 Å². The molecule has 0 bridgehead atoms. The van der Waals surface area contributed by atoms with Crippen LogP contribution in [0.4, 0.5) is 0 Å². The van der Waals surface area contributed by atoms with Gasteiger partial charge in [0.2, 0.25) is 0 Å². The average Bonchev–Trinajstić information content (AvgIpc) is 2.23. The second-order valence-electron chi connectivity index (χ2n) is 3.31. The Balaban J connectivity index is 5.22. The summed E-state index contributed by atoms with van der Waals surface area (Å²) in [5, 5.41) is 0. The molecule has 0 aliphatic carbocycles. The van der Waals surface area contributed by atoms with Gasteiger partial charge in [-0.05, 0) is 13.8 Å². The summed E-state index contributed by atoms with van der Waals surface area (Å²) in [7, 11) is 0. The number of hydrogen-bond donors (Lipinski definition) is 1. The summed E-state index contributed by atoms with van der Waals surface area (Å²) in [5.74, 6) is 2.11. The maximum Gasteiger partial charge on any atom is 0.376 e. The second kappa shape index (κ2) is 5.41. The minimum atomic E-state index is -1.98. The molecule has 0 fully saturated rings. The van der Waals surface area contributed by atoms with Crippen molar-refractivity contribution in [1.29, 1.82) is 0 Å². The molecule has 0 aliphatic rings. The number of nitrogens with two attached hydrogens (primary N) is 1. The Morgan fingerprint density at radius 2 is 1.81 bits per heavy atom. The molecule has 0 aromatic carbocycles. The van der Waals surface area contributed by atoms with Gasteiger partial charge in [0.05, 0.1) is 0 Å². The molecule has 0 amide bonds. The first-order valence-electron chi connectivity index (χ1n) is 4.62. The van der Waals surface area contributed by atoms with E-state index in [0.29, 0.717) is 0 Å². The van der Waals surface area contributed by atoms with Crippen LogP contribution in [0.25, 0.3) is 0 Å². The third kappa shape index (κ3) is 2.66. The van der Waals surface area contributed by atoms with Crippen molar-refractivity contribution < 1.29 is 24.0 Å². The topological polar surface area (TPSA) is 95.7 Å². The van der Waals surface area contributed by atoms with E-state index >= 15 is 0 Å². The van der Waals surface area contributed by atoms with Crippen LogP contribution in [0, 0.1) is 0 Å². The van der Waals surface area contributed by atoms with Gasteiger partial charge in [-0.15, -0.1) is 0 Å². The molecule has 0 aliphatic heterocycles. The number of hydrogen-bond acceptors (Lipinski definition) is 6. The highest BCUT2D eigenvalue weighted by Gasteiger charge is 2.47. The van der Waals surface area contributed by atoms with Gasteiger partial charge >= 0.3 is 11.9 Å². The number of Topliss-reactive ketones (excluding diaryl/α,β-unsaturated/α-hetero) is 1. The van der Waals surface area contributed by atoms with Gasteiger partial charge in [-0.3, -0.25) is 4.79 Å². The first-order valence-corrected chi connectivity index (χ1v) is 4.62. The Morgan fingerprint density at radius 1 is 1.31 bits per heavy atom. The predicted molar refractivity (Wildman–Crippen MR) is 54.9 cm³/mol. The molecule has 0 saturated heterocycles. The van der Waals surface area contributed by atoms with Gasteiger partial charge in [0.25, 0.3) is 5.60 Å². The van der Waals surface area contributed by atoms with Crippen molar-refractivity contribution in [3.05, 3.63) is 12.2 Å². The monoisotopic (exact) mass is 229 g/mol. The summed E-state index contributed by atoms with van der Waals surface area (Å²) >= 11 is 0. The van der Waals surface area contributed by atoms with E-state index in [4.69, 9.17) is 10.6 Å². The summed E-state index contributed by atoms with van der Waals surface area (Å²) in [6.45, 7) is 7.37. The molecule has 0 aromatic rings. The van der Waals surface area contributed by atoms with Crippen molar-refractivity contribution in [3.8, 4) is 0 Å². The zero-order chi connectivity index (χ0) is 12.9. The highest BCUT2D eigenvalue weighted by Crippen LogP contribution is 2.20. The minimum Gasteiger partial charge on any atom is -0.435 e. The molecule has 0 radical (unpaired) electrons. The van der Waals surface area contributed by atoms with Gasteiger partial charge in [-0.1, -0.05) is 13.5 Å². The maximum atomic E-state index is 11.4. The van der Waals surface area contributed by atoms with E-state index in [1.165, 1.54) is 13.8 Å². The lowest BCUT2D eigenvalue weighted by Gasteiger charge is -2.26. The van der Waals surface area contributed by atoms with Crippen molar-refractivity contribution in [2.24, 2.45) is 5.90 Å². The van der Waals surface area contributed by atoms with Crippen LogP contribution in [0.1, 0.15) is 27.2 Å². The van der Waals surface area contributed by atoms with Gasteiger partial charge in [-0.2, -0.15) is 5.90 Å². The van der Waals surface area contributed by atoms with E-state index in [2.05, 4.69) is 11.4 Å². The molecular weight excluding hydrogens is 214 g/mol. The van der Waals surface area contributed by atoms with E-state index in [0.717, 1.165) is 6.92 Å². The summed E-state index contributed by atoms with van der Waals surface area (Å²) < 4.78 is 4.82. The molecule has 1 atom stereocenters. The van der Waals surface area contributed by atoms with Gasteiger partial charge in [-0.25, -0.2) is 9.59 Å². The van der Waals surface area contributed by atoms with E-state index in [1.807, 2.05) is 0 Å². The summed E-state index contributed by atoms with van der Waals surface area (Å²) in [6.07, 6.45) is -0.0581. The Labute approximate surface area is 93.3 Å². The third-order valence-corrected chi connectivity index (χ3v) is 2.12. The summed E-state index contributed by atoms with van der Waals surface area (Å²) in [6, 6.07) is 0. The summed E-state index contributed by atoms with van der Waals surface area (Å²) in [4.78, 5) is 38.1. The third-order valence-electron chi connectivity index (χ3n) is 2.12. The fourth-order valence-electron chi connectivity index (χ4n) is 1.06. The van der Waals surface area contributed by atoms with Crippen LogP contribution >= 0.6 is 0 Å². The minimum absolute atomic E-state index is 0.0581. The van der Waals surface area contributed by atoms with Crippen molar-refractivity contribution in [1.82, 2.24) is 0 Å². The SMILES string of the molecule is C=C(C)C(=O)OC(CC)(C(C)=O)C(=O)ON. The number of carbonyl (C=O) groups excluding carboxylic acids is 3. The number of esters is 1. The van der Waals surface area contributed by atoms with Crippen LogP contribution in [0.5, 0.6) is 0 Å². The molecular formula is C10H15NO5. The van der Waals surface area contributed by atoms with Gasteiger partial charge in [0.15, 0.2) is 5.78 Å². The molecule has 16 heavy (non-hydrogen) atoms. The Bertz CT molecular complexity index is 336. The molecule has 1 unspecified atom stereocenters. The molecule has 6 nitrogen and oxygen atoms in total. The fraction of sp³-hybridized carbons (Fsp3) is 0.500. The molecule has 0 saturated carbocycles. The molecule has 0 rings (SSSR count). The zero-order valence-corrected chi connectivity index (χ0v) is 9.53.